The van der Waals surface area contributed by atoms with Crippen LogP contribution in [0.2, 0.25) is 0 Å². The van der Waals surface area contributed by atoms with E-state index < -0.39 is 0 Å². The van der Waals surface area contributed by atoms with Crippen molar-refractivity contribution < 1.29 is 19.0 Å². The van der Waals surface area contributed by atoms with Crippen molar-refractivity contribution in [3.63, 3.8) is 0 Å². The van der Waals surface area contributed by atoms with Crippen molar-refractivity contribution in [2.75, 3.05) is 33.5 Å². The van der Waals surface area contributed by atoms with Gasteiger partial charge in [0.15, 0.2) is 0 Å². The van der Waals surface area contributed by atoms with E-state index in [0.29, 0.717) is 32.3 Å². The molecule has 1 rings (SSSR count). The third kappa shape index (κ3) is 4.62. The van der Waals surface area contributed by atoms with Crippen LogP contribution in [0.4, 0.5) is 0 Å². The molecule has 0 aromatic rings. The van der Waals surface area contributed by atoms with Gasteiger partial charge in [-0.05, 0) is 25.2 Å². The van der Waals surface area contributed by atoms with E-state index in [9.17, 15) is 4.79 Å². The van der Waals surface area contributed by atoms with Gasteiger partial charge in [-0.15, -0.1) is 0 Å². The summed E-state index contributed by atoms with van der Waals surface area (Å²) < 4.78 is 15.4. The molecule has 1 saturated carbocycles. The van der Waals surface area contributed by atoms with E-state index in [1.54, 1.807) is 7.11 Å². The Morgan fingerprint density at radius 2 is 1.79 bits per heavy atom. The SMILES string of the molecule is COCCOCCOC(=O)[C@@H]1[C@H](C=C(C)C)C1(C)C. The molecule has 0 amide bonds. The largest absolute Gasteiger partial charge is 0.463 e. The summed E-state index contributed by atoms with van der Waals surface area (Å²) in [5.74, 6) is 0.184. The molecular weight excluding hydrogens is 244 g/mol. The van der Waals surface area contributed by atoms with Crippen molar-refractivity contribution in [3.8, 4) is 0 Å². The number of carbonyl (C=O) groups excluding carboxylic acids is 1. The lowest BCUT2D eigenvalue weighted by Crippen LogP contribution is -2.15. The van der Waals surface area contributed by atoms with Crippen LogP contribution in [0.1, 0.15) is 27.7 Å². The molecule has 1 fully saturated rings. The molecule has 0 spiro atoms. The van der Waals surface area contributed by atoms with Crippen LogP contribution in [0.3, 0.4) is 0 Å². The number of carbonyl (C=O) groups is 1. The molecular formula is C15H26O4. The minimum atomic E-state index is -0.108. The second-order valence-electron chi connectivity index (χ2n) is 5.84. The molecule has 0 aliphatic heterocycles. The third-order valence-corrected chi connectivity index (χ3v) is 3.58. The maximum Gasteiger partial charge on any atom is 0.310 e. The van der Waals surface area contributed by atoms with E-state index in [1.165, 1.54) is 5.57 Å². The smallest absolute Gasteiger partial charge is 0.310 e. The first-order valence-electron chi connectivity index (χ1n) is 6.79. The Kier molecular flexibility index (Phi) is 6.01. The highest BCUT2D eigenvalue weighted by atomic mass is 16.6. The van der Waals surface area contributed by atoms with Gasteiger partial charge in [0.1, 0.15) is 6.61 Å². The van der Waals surface area contributed by atoms with Gasteiger partial charge in [0.05, 0.1) is 25.7 Å². The number of rotatable bonds is 8. The Labute approximate surface area is 116 Å². The average Bonchev–Trinajstić information content (AvgIpc) is 2.84. The fraction of sp³-hybridized carbons (Fsp3) is 0.800. The normalized spacial score (nSPS) is 23.8. The third-order valence-electron chi connectivity index (χ3n) is 3.58. The second-order valence-corrected chi connectivity index (χ2v) is 5.84. The summed E-state index contributed by atoms with van der Waals surface area (Å²) in [6.07, 6.45) is 2.17. The molecule has 0 N–H and O–H groups in total. The summed E-state index contributed by atoms with van der Waals surface area (Å²) in [6, 6.07) is 0. The Balaban J connectivity index is 2.26. The standard InChI is InChI=1S/C15H26O4/c1-11(2)10-12-13(15(12,3)4)14(16)19-9-8-18-7-6-17-5/h10,12-13H,6-9H2,1-5H3/t12-,13-/m0/s1. The van der Waals surface area contributed by atoms with Gasteiger partial charge in [0.25, 0.3) is 0 Å². The van der Waals surface area contributed by atoms with Crippen LogP contribution in [-0.4, -0.2) is 39.5 Å². The fourth-order valence-corrected chi connectivity index (χ4v) is 2.33. The molecule has 0 heterocycles. The van der Waals surface area contributed by atoms with Gasteiger partial charge < -0.3 is 14.2 Å². The molecule has 110 valence electrons. The zero-order valence-corrected chi connectivity index (χ0v) is 12.7. The van der Waals surface area contributed by atoms with Crippen LogP contribution < -0.4 is 0 Å². The van der Waals surface area contributed by atoms with Crippen molar-refractivity contribution in [1.82, 2.24) is 0 Å². The number of allylic oxidation sites excluding steroid dienone is 2. The molecule has 1 aliphatic carbocycles. The van der Waals surface area contributed by atoms with Gasteiger partial charge in [-0.25, -0.2) is 0 Å². The van der Waals surface area contributed by atoms with Crippen molar-refractivity contribution in [1.29, 1.82) is 0 Å². The van der Waals surface area contributed by atoms with Crippen LogP contribution >= 0.6 is 0 Å². The zero-order chi connectivity index (χ0) is 14.5. The summed E-state index contributed by atoms with van der Waals surface area (Å²) in [7, 11) is 1.63. The number of esters is 1. The van der Waals surface area contributed by atoms with Gasteiger partial charge in [-0.2, -0.15) is 0 Å². The Bertz CT molecular complexity index is 329. The Morgan fingerprint density at radius 3 is 2.37 bits per heavy atom. The summed E-state index contributed by atoms with van der Waals surface area (Å²) in [4.78, 5) is 12.0. The van der Waals surface area contributed by atoms with Crippen molar-refractivity contribution in [2.24, 2.45) is 17.3 Å². The highest BCUT2D eigenvalue weighted by molar-refractivity contribution is 5.78. The maximum absolute atomic E-state index is 12.0. The molecule has 1 aliphatic rings. The lowest BCUT2D eigenvalue weighted by Gasteiger charge is -2.06. The van der Waals surface area contributed by atoms with E-state index in [4.69, 9.17) is 14.2 Å². The lowest BCUT2D eigenvalue weighted by molar-refractivity contribution is -0.147. The summed E-state index contributed by atoms with van der Waals surface area (Å²) in [5.41, 5.74) is 1.27. The van der Waals surface area contributed by atoms with Gasteiger partial charge in [-0.3, -0.25) is 4.79 Å². The first kappa shape index (κ1) is 16.2. The maximum atomic E-state index is 12.0. The van der Waals surface area contributed by atoms with Crippen LogP contribution in [0.25, 0.3) is 0 Å². The molecule has 0 saturated heterocycles. The second kappa shape index (κ2) is 7.06. The van der Waals surface area contributed by atoms with E-state index in [2.05, 4.69) is 33.8 Å². The Morgan fingerprint density at radius 1 is 1.16 bits per heavy atom. The summed E-state index contributed by atoms with van der Waals surface area (Å²) >= 11 is 0. The van der Waals surface area contributed by atoms with Crippen LogP contribution in [0, 0.1) is 17.3 Å². The van der Waals surface area contributed by atoms with E-state index in [0.717, 1.165) is 0 Å². The van der Waals surface area contributed by atoms with Crippen LogP contribution in [-0.2, 0) is 19.0 Å². The minimum absolute atomic E-state index is 0.0126. The topological polar surface area (TPSA) is 44.8 Å². The molecule has 0 aromatic heterocycles. The predicted molar refractivity (Wildman–Crippen MR) is 73.8 cm³/mol. The molecule has 0 aromatic carbocycles. The van der Waals surface area contributed by atoms with E-state index >= 15 is 0 Å². The Hall–Kier alpha value is -0.870. The zero-order valence-electron chi connectivity index (χ0n) is 12.7. The first-order chi connectivity index (χ1) is 8.91. The van der Waals surface area contributed by atoms with Crippen LogP contribution in [0.5, 0.6) is 0 Å². The van der Waals surface area contributed by atoms with E-state index in [1.807, 2.05) is 0 Å². The molecule has 4 heteroatoms. The number of hydrogen-bond donors (Lipinski definition) is 0. The van der Waals surface area contributed by atoms with E-state index in [-0.39, 0.29) is 17.3 Å². The molecule has 0 unspecified atom stereocenters. The summed E-state index contributed by atoms with van der Waals surface area (Å²) in [6.45, 7) is 10.2. The fourth-order valence-electron chi connectivity index (χ4n) is 2.33. The molecule has 2 atom stereocenters. The molecule has 0 bridgehead atoms. The van der Waals surface area contributed by atoms with Gasteiger partial charge in [0, 0.05) is 7.11 Å². The monoisotopic (exact) mass is 270 g/mol. The lowest BCUT2D eigenvalue weighted by atomic mass is 10.1. The molecule has 19 heavy (non-hydrogen) atoms. The highest BCUT2D eigenvalue weighted by Crippen LogP contribution is 2.59. The molecule has 0 radical (unpaired) electrons. The van der Waals surface area contributed by atoms with Gasteiger partial charge >= 0.3 is 5.97 Å². The van der Waals surface area contributed by atoms with Crippen LogP contribution in [0.15, 0.2) is 11.6 Å². The van der Waals surface area contributed by atoms with Gasteiger partial charge in [-0.1, -0.05) is 25.5 Å². The predicted octanol–water partition coefficient (Wildman–Crippen LogP) is 2.43. The number of hydrogen-bond acceptors (Lipinski definition) is 4. The molecule has 4 nitrogen and oxygen atoms in total. The number of ether oxygens (including phenoxy) is 3. The highest BCUT2D eigenvalue weighted by Gasteiger charge is 2.61. The number of methoxy groups -OCH3 is 1. The first-order valence-corrected chi connectivity index (χ1v) is 6.79. The quantitative estimate of drug-likeness (QED) is 0.386. The van der Waals surface area contributed by atoms with Crippen molar-refractivity contribution >= 4 is 5.97 Å². The van der Waals surface area contributed by atoms with Crippen molar-refractivity contribution in [2.45, 2.75) is 27.7 Å². The average molecular weight is 270 g/mol. The van der Waals surface area contributed by atoms with Gasteiger partial charge in [0.2, 0.25) is 0 Å². The minimum Gasteiger partial charge on any atom is -0.463 e. The van der Waals surface area contributed by atoms with Crippen molar-refractivity contribution in [3.05, 3.63) is 11.6 Å². The summed E-state index contributed by atoms with van der Waals surface area (Å²) in [5, 5.41) is 0.